The van der Waals surface area contributed by atoms with Gasteiger partial charge in [0, 0.05) is 39.3 Å². The molecule has 0 aliphatic rings. The molecule has 3 aromatic heterocycles. The van der Waals surface area contributed by atoms with Gasteiger partial charge in [-0.3, -0.25) is 0 Å². The lowest BCUT2D eigenvalue weighted by Gasteiger charge is -2.10. The molecule has 0 bridgehead atoms. The highest BCUT2D eigenvalue weighted by molar-refractivity contribution is 5.69. The van der Waals surface area contributed by atoms with Gasteiger partial charge in [0.05, 0.1) is 19.0 Å². The molecule has 0 saturated carbocycles. The summed E-state index contributed by atoms with van der Waals surface area (Å²) >= 11 is 0. The van der Waals surface area contributed by atoms with Gasteiger partial charge in [-0.25, -0.2) is 14.8 Å². The van der Waals surface area contributed by atoms with Crippen molar-refractivity contribution in [3.63, 3.8) is 0 Å². The van der Waals surface area contributed by atoms with Crippen LogP contribution < -0.4 is 9.47 Å². The molecule has 4 aromatic rings. The summed E-state index contributed by atoms with van der Waals surface area (Å²) in [6.45, 7) is 0.931. The smallest absolute Gasteiger partial charge is 0.416 e. The second-order valence-corrected chi connectivity index (χ2v) is 7.28. The van der Waals surface area contributed by atoms with Crippen molar-refractivity contribution in [2.45, 2.75) is 6.42 Å². The van der Waals surface area contributed by atoms with Crippen molar-refractivity contribution in [2.24, 2.45) is 0 Å². The average Bonchev–Trinajstić information content (AvgIpc) is 3.22. The zero-order valence-electron chi connectivity index (χ0n) is 18.5. The van der Waals surface area contributed by atoms with Gasteiger partial charge in [0.1, 0.15) is 6.61 Å². The van der Waals surface area contributed by atoms with Crippen LogP contribution >= 0.6 is 0 Å². The number of nitrogens with zero attached hydrogens (tertiary/aromatic N) is 7. The van der Waals surface area contributed by atoms with E-state index in [1.165, 1.54) is 4.90 Å². The van der Waals surface area contributed by atoms with E-state index in [1.54, 1.807) is 50.2 Å². The summed E-state index contributed by atoms with van der Waals surface area (Å²) in [5.74, 6) is 1.93. The van der Waals surface area contributed by atoms with E-state index < -0.39 is 6.09 Å². The molecule has 0 aliphatic heterocycles. The predicted molar refractivity (Wildman–Crippen MR) is 118 cm³/mol. The Bertz CT molecular complexity index is 1240. The fourth-order valence-corrected chi connectivity index (χ4v) is 2.95. The van der Waals surface area contributed by atoms with Gasteiger partial charge in [0.15, 0.2) is 23.0 Å². The maximum Gasteiger partial charge on any atom is 0.416 e. The average molecular weight is 449 g/mol. The van der Waals surface area contributed by atoms with Gasteiger partial charge in [-0.2, -0.15) is 4.52 Å². The van der Waals surface area contributed by atoms with Gasteiger partial charge in [0.25, 0.3) is 0 Å². The van der Waals surface area contributed by atoms with E-state index in [4.69, 9.17) is 14.2 Å². The quantitative estimate of drug-likeness (QED) is 0.373. The van der Waals surface area contributed by atoms with E-state index in [0.29, 0.717) is 42.7 Å². The zero-order chi connectivity index (χ0) is 23.2. The van der Waals surface area contributed by atoms with Crippen molar-refractivity contribution in [2.75, 3.05) is 34.4 Å². The highest BCUT2D eigenvalue weighted by Gasteiger charge is 2.13. The molecule has 0 spiro atoms. The molecule has 1 amide bonds. The van der Waals surface area contributed by atoms with Crippen LogP contribution in [0.4, 0.5) is 4.79 Å². The molecule has 0 atom stereocenters. The number of aromatic nitrogens is 6. The van der Waals surface area contributed by atoms with Crippen LogP contribution in [0.2, 0.25) is 0 Å². The van der Waals surface area contributed by atoms with Gasteiger partial charge in [-0.1, -0.05) is 18.2 Å². The SMILES string of the molecule is COCCOc1cnc(-c2cccc(Cc3nnc4ccc(OC(=O)N(C)C)nn34)c2)nc1. The van der Waals surface area contributed by atoms with Gasteiger partial charge in [-0.05, 0) is 17.7 Å². The Balaban J connectivity index is 1.52. The molecule has 0 saturated heterocycles. The highest BCUT2D eigenvalue weighted by Crippen LogP contribution is 2.20. The predicted octanol–water partition coefficient (Wildman–Crippen LogP) is 2.26. The molecule has 4 rings (SSSR count). The minimum atomic E-state index is -0.515. The molecule has 170 valence electrons. The Morgan fingerprint density at radius 2 is 1.88 bits per heavy atom. The monoisotopic (exact) mass is 449 g/mol. The molecular weight excluding hydrogens is 426 g/mol. The topological polar surface area (TPSA) is 117 Å². The van der Waals surface area contributed by atoms with Crippen molar-refractivity contribution in [1.82, 2.24) is 34.7 Å². The molecule has 0 fully saturated rings. The molecule has 3 heterocycles. The highest BCUT2D eigenvalue weighted by atomic mass is 16.6. The van der Waals surface area contributed by atoms with E-state index in [0.717, 1.165) is 11.1 Å². The van der Waals surface area contributed by atoms with Crippen LogP contribution in [0.1, 0.15) is 11.4 Å². The minimum Gasteiger partial charge on any atom is -0.488 e. The Morgan fingerprint density at radius 1 is 1.06 bits per heavy atom. The van der Waals surface area contributed by atoms with Crippen LogP contribution in [-0.2, 0) is 11.2 Å². The number of ether oxygens (including phenoxy) is 3. The third-order valence-corrected chi connectivity index (χ3v) is 4.59. The van der Waals surface area contributed by atoms with Crippen molar-refractivity contribution in [3.8, 4) is 23.0 Å². The molecule has 11 heteroatoms. The number of carbonyl (C=O) groups is 1. The van der Waals surface area contributed by atoms with Crippen LogP contribution in [0.25, 0.3) is 17.0 Å². The number of amides is 1. The first-order valence-electron chi connectivity index (χ1n) is 10.2. The first kappa shape index (κ1) is 22.1. The van der Waals surface area contributed by atoms with Crippen molar-refractivity contribution in [1.29, 1.82) is 0 Å². The summed E-state index contributed by atoms with van der Waals surface area (Å²) in [6.07, 6.45) is 3.22. The minimum absolute atomic E-state index is 0.164. The molecule has 0 unspecified atom stereocenters. The van der Waals surface area contributed by atoms with Crippen LogP contribution in [0, 0.1) is 0 Å². The van der Waals surface area contributed by atoms with E-state index >= 15 is 0 Å². The number of carbonyl (C=O) groups excluding carboxylic acids is 1. The number of rotatable bonds is 8. The van der Waals surface area contributed by atoms with Gasteiger partial charge in [-0.15, -0.1) is 15.3 Å². The van der Waals surface area contributed by atoms with Crippen LogP contribution in [0.5, 0.6) is 11.6 Å². The van der Waals surface area contributed by atoms with Crippen molar-refractivity contribution >= 4 is 11.7 Å². The van der Waals surface area contributed by atoms with E-state index in [9.17, 15) is 4.79 Å². The maximum absolute atomic E-state index is 11.8. The normalized spacial score (nSPS) is 10.9. The maximum atomic E-state index is 11.8. The Labute approximate surface area is 190 Å². The largest absolute Gasteiger partial charge is 0.488 e. The molecular formula is C22H23N7O4. The Kier molecular flexibility index (Phi) is 6.69. The summed E-state index contributed by atoms with van der Waals surface area (Å²) in [5, 5.41) is 12.7. The Morgan fingerprint density at radius 3 is 2.64 bits per heavy atom. The first-order valence-corrected chi connectivity index (χ1v) is 10.2. The Hall–Kier alpha value is -4.12. The standard InChI is InChI=1S/C22H23N7O4/c1-28(2)22(30)33-20-8-7-18-25-26-19(29(18)27-20)12-15-5-4-6-16(11-15)21-23-13-17(14-24-21)32-10-9-31-3/h4-8,11,13-14H,9-10,12H2,1-3H3. The third kappa shape index (κ3) is 5.39. The lowest BCUT2D eigenvalue weighted by atomic mass is 10.1. The molecule has 33 heavy (non-hydrogen) atoms. The number of benzene rings is 1. The fraction of sp³-hybridized carbons (Fsp3) is 0.273. The summed E-state index contributed by atoms with van der Waals surface area (Å²) < 4.78 is 17.3. The second-order valence-electron chi connectivity index (χ2n) is 7.28. The molecule has 1 aromatic carbocycles. The lowest BCUT2D eigenvalue weighted by molar-refractivity contribution is 0.146. The summed E-state index contributed by atoms with van der Waals surface area (Å²) in [7, 11) is 4.82. The molecule has 11 nitrogen and oxygen atoms in total. The van der Waals surface area contributed by atoms with Gasteiger partial charge in [0.2, 0.25) is 5.88 Å². The van der Waals surface area contributed by atoms with Gasteiger partial charge >= 0.3 is 6.09 Å². The van der Waals surface area contributed by atoms with E-state index in [1.807, 2.05) is 24.3 Å². The number of hydrogen-bond acceptors (Lipinski definition) is 9. The molecule has 0 radical (unpaired) electrons. The zero-order valence-corrected chi connectivity index (χ0v) is 18.5. The van der Waals surface area contributed by atoms with Crippen LogP contribution in [-0.4, -0.2) is 75.2 Å². The van der Waals surface area contributed by atoms with Gasteiger partial charge < -0.3 is 19.1 Å². The number of fused-ring (bicyclic) bond motifs is 1. The van der Waals surface area contributed by atoms with Crippen molar-refractivity contribution in [3.05, 3.63) is 60.2 Å². The number of methoxy groups -OCH3 is 1. The second kappa shape index (κ2) is 10.0. The van der Waals surface area contributed by atoms with E-state index in [-0.39, 0.29) is 5.88 Å². The molecule has 0 N–H and O–H groups in total. The first-order chi connectivity index (χ1) is 16.0. The molecule has 0 aliphatic carbocycles. The summed E-state index contributed by atoms with van der Waals surface area (Å²) in [6, 6.07) is 11.1. The van der Waals surface area contributed by atoms with Crippen LogP contribution in [0.3, 0.4) is 0 Å². The van der Waals surface area contributed by atoms with E-state index in [2.05, 4.69) is 25.3 Å². The van der Waals surface area contributed by atoms with Crippen molar-refractivity contribution < 1.29 is 19.0 Å². The number of hydrogen-bond donors (Lipinski definition) is 0. The summed E-state index contributed by atoms with van der Waals surface area (Å²) in [4.78, 5) is 21.9. The third-order valence-electron chi connectivity index (χ3n) is 4.59. The fourth-order valence-electron chi connectivity index (χ4n) is 2.95. The van der Waals surface area contributed by atoms with Crippen LogP contribution in [0.15, 0.2) is 48.8 Å². The lowest BCUT2D eigenvalue weighted by Crippen LogP contribution is -2.25. The summed E-state index contributed by atoms with van der Waals surface area (Å²) in [5.41, 5.74) is 2.39.